The van der Waals surface area contributed by atoms with Crippen molar-refractivity contribution in [2.45, 2.75) is 18.6 Å². The zero-order chi connectivity index (χ0) is 9.19. The summed E-state index contributed by atoms with van der Waals surface area (Å²) in [4.78, 5) is 0. The standard InChI is InChI=1S/C7H8F3NS/c8-7(9,10)3-6(11)5-1-2-12-4-5/h1-2,4,6H,3,11H2. The van der Waals surface area contributed by atoms with E-state index in [4.69, 9.17) is 5.73 Å². The van der Waals surface area contributed by atoms with Crippen molar-refractivity contribution in [3.8, 4) is 0 Å². The Morgan fingerprint density at radius 1 is 1.50 bits per heavy atom. The predicted octanol–water partition coefficient (Wildman–Crippen LogP) is 2.70. The highest BCUT2D eigenvalue weighted by Gasteiger charge is 2.30. The van der Waals surface area contributed by atoms with Gasteiger partial charge in [0.1, 0.15) is 0 Å². The van der Waals surface area contributed by atoms with Gasteiger partial charge in [0.15, 0.2) is 0 Å². The second-order valence-electron chi connectivity index (χ2n) is 2.48. The van der Waals surface area contributed by atoms with Crippen LogP contribution in [0.3, 0.4) is 0 Å². The molecule has 1 aromatic heterocycles. The second-order valence-corrected chi connectivity index (χ2v) is 3.26. The summed E-state index contributed by atoms with van der Waals surface area (Å²) in [5.41, 5.74) is 5.87. The van der Waals surface area contributed by atoms with Crippen LogP contribution < -0.4 is 5.73 Å². The Labute approximate surface area is 72.0 Å². The molecule has 12 heavy (non-hydrogen) atoms. The van der Waals surface area contributed by atoms with Gasteiger partial charge in [0.2, 0.25) is 0 Å². The Kier molecular flexibility index (Phi) is 2.74. The molecule has 1 heterocycles. The third-order valence-electron chi connectivity index (χ3n) is 1.42. The number of halogens is 3. The third-order valence-corrected chi connectivity index (χ3v) is 2.12. The van der Waals surface area contributed by atoms with E-state index in [0.717, 1.165) is 0 Å². The molecule has 1 nitrogen and oxygen atoms in total. The van der Waals surface area contributed by atoms with Gasteiger partial charge < -0.3 is 5.73 Å². The van der Waals surface area contributed by atoms with E-state index >= 15 is 0 Å². The van der Waals surface area contributed by atoms with Gasteiger partial charge >= 0.3 is 6.18 Å². The van der Waals surface area contributed by atoms with Crippen LogP contribution in [0.4, 0.5) is 13.2 Å². The molecule has 0 saturated heterocycles. The molecule has 0 spiro atoms. The van der Waals surface area contributed by atoms with E-state index in [1.807, 2.05) is 0 Å². The minimum Gasteiger partial charge on any atom is -0.324 e. The van der Waals surface area contributed by atoms with Crippen LogP contribution in [0.2, 0.25) is 0 Å². The molecule has 2 N–H and O–H groups in total. The smallest absolute Gasteiger partial charge is 0.324 e. The zero-order valence-corrected chi connectivity index (χ0v) is 6.95. The molecule has 0 saturated carbocycles. The molecule has 5 heteroatoms. The average molecular weight is 195 g/mol. The van der Waals surface area contributed by atoms with Crippen LogP contribution in [-0.4, -0.2) is 6.18 Å². The maximum Gasteiger partial charge on any atom is 0.390 e. The van der Waals surface area contributed by atoms with E-state index in [9.17, 15) is 13.2 Å². The van der Waals surface area contributed by atoms with Crippen LogP contribution in [0, 0.1) is 0 Å². The van der Waals surface area contributed by atoms with Gasteiger partial charge in [-0.3, -0.25) is 0 Å². The maximum atomic E-state index is 11.8. The number of thiophene rings is 1. The number of hydrogen-bond acceptors (Lipinski definition) is 2. The lowest BCUT2D eigenvalue weighted by Crippen LogP contribution is -2.19. The van der Waals surface area contributed by atoms with Gasteiger partial charge in [0.05, 0.1) is 6.42 Å². The summed E-state index contributed by atoms with van der Waals surface area (Å²) in [5.74, 6) is 0. The van der Waals surface area contributed by atoms with Gasteiger partial charge in [-0.05, 0) is 22.4 Å². The van der Waals surface area contributed by atoms with Crippen LogP contribution in [0.25, 0.3) is 0 Å². The number of rotatable bonds is 2. The van der Waals surface area contributed by atoms with Gasteiger partial charge in [-0.1, -0.05) is 0 Å². The van der Waals surface area contributed by atoms with Crippen LogP contribution >= 0.6 is 11.3 Å². The lowest BCUT2D eigenvalue weighted by Gasteiger charge is -2.12. The molecule has 0 aliphatic rings. The summed E-state index contributed by atoms with van der Waals surface area (Å²) < 4.78 is 35.5. The molecule has 0 fully saturated rings. The van der Waals surface area contributed by atoms with Crippen LogP contribution in [0.5, 0.6) is 0 Å². The summed E-state index contributed by atoms with van der Waals surface area (Å²) in [5, 5.41) is 3.35. The van der Waals surface area contributed by atoms with Crippen molar-refractivity contribution in [2.24, 2.45) is 5.73 Å². The molecule has 68 valence electrons. The molecule has 0 bridgehead atoms. The highest BCUT2D eigenvalue weighted by Crippen LogP contribution is 2.28. The Balaban J connectivity index is 2.56. The Morgan fingerprint density at radius 2 is 2.17 bits per heavy atom. The fourth-order valence-electron chi connectivity index (χ4n) is 0.853. The largest absolute Gasteiger partial charge is 0.390 e. The molecule has 0 aromatic carbocycles. The molecule has 0 aliphatic heterocycles. The fourth-order valence-corrected chi connectivity index (χ4v) is 1.58. The van der Waals surface area contributed by atoms with Crippen LogP contribution in [0.15, 0.2) is 16.8 Å². The van der Waals surface area contributed by atoms with Crippen molar-refractivity contribution >= 4 is 11.3 Å². The Hall–Kier alpha value is -0.550. The summed E-state index contributed by atoms with van der Waals surface area (Å²) in [7, 11) is 0. The summed E-state index contributed by atoms with van der Waals surface area (Å²) in [6, 6.07) is 0.692. The first kappa shape index (κ1) is 9.54. The summed E-state index contributed by atoms with van der Waals surface area (Å²) in [6.07, 6.45) is -5.13. The van der Waals surface area contributed by atoms with Crippen molar-refractivity contribution in [1.29, 1.82) is 0 Å². The molecule has 0 radical (unpaired) electrons. The normalized spacial score (nSPS) is 14.7. The monoisotopic (exact) mass is 195 g/mol. The molecule has 0 aliphatic carbocycles. The van der Waals surface area contributed by atoms with Crippen molar-refractivity contribution in [1.82, 2.24) is 0 Å². The van der Waals surface area contributed by atoms with E-state index in [2.05, 4.69) is 0 Å². The predicted molar refractivity (Wildman–Crippen MR) is 41.9 cm³/mol. The maximum absolute atomic E-state index is 11.8. The van der Waals surface area contributed by atoms with E-state index < -0.39 is 18.6 Å². The van der Waals surface area contributed by atoms with Gasteiger partial charge in [-0.2, -0.15) is 24.5 Å². The van der Waals surface area contributed by atoms with Gasteiger partial charge in [0, 0.05) is 6.04 Å². The van der Waals surface area contributed by atoms with Crippen LogP contribution in [-0.2, 0) is 0 Å². The first-order chi connectivity index (χ1) is 5.49. The average Bonchev–Trinajstić information content (AvgIpc) is 2.32. The van der Waals surface area contributed by atoms with E-state index in [1.54, 1.807) is 16.8 Å². The van der Waals surface area contributed by atoms with Crippen molar-refractivity contribution in [3.05, 3.63) is 22.4 Å². The first-order valence-electron chi connectivity index (χ1n) is 3.33. The molecule has 0 amide bonds. The third kappa shape index (κ3) is 2.83. The van der Waals surface area contributed by atoms with E-state index in [-0.39, 0.29) is 0 Å². The number of hydrogen-bond donors (Lipinski definition) is 1. The van der Waals surface area contributed by atoms with E-state index in [1.165, 1.54) is 11.3 Å². The second kappa shape index (κ2) is 3.45. The minimum atomic E-state index is -4.18. The Morgan fingerprint density at radius 3 is 2.58 bits per heavy atom. The molecular weight excluding hydrogens is 187 g/mol. The summed E-state index contributed by atoms with van der Waals surface area (Å²) in [6.45, 7) is 0. The summed E-state index contributed by atoms with van der Waals surface area (Å²) >= 11 is 1.35. The lowest BCUT2D eigenvalue weighted by molar-refractivity contribution is -0.138. The quantitative estimate of drug-likeness (QED) is 0.771. The SMILES string of the molecule is NC(CC(F)(F)F)c1ccsc1. The number of alkyl halides is 3. The van der Waals surface area contributed by atoms with Crippen molar-refractivity contribution in [2.75, 3.05) is 0 Å². The molecular formula is C7H8F3NS. The molecule has 1 aromatic rings. The topological polar surface area (TPSA) is 26.0 Å². The molecule has 1 rings (SSSR count). The van der Waals surface area contributed by atoms with Crippen LogP contribution in [0.1, 0.15) is 18.0 Å². The van der Waals surface area contributed by atoms with Gasteiger partial charge in [0.25, 0.3) is 0 Å². The van der Waals surface area contributed by atoms with Crippen molar-refractivity contribution in [3.63, 3.8) is 0 Å². The fraction of sp³-hybridized carbons (Fsp3) is 0.429. The zero-order valence-electron chi connectivity index (χ0n) is 6.14. The lowest BCUT2D eigenvalue weighted by atomic mass is 10.1. The van der Waals surface area contributed by atoms with E-state index in [0.29, 0.717) is 5.56 Å². The molecule has 1 unspecified atom stereocenters. The first-order valence-corrected chi connectivity index (χ1v) is 4.28. The van der Waals surface area contributed by atoms with Gasteiger partial charge in [-0.25, -0.2) is 0 Å². The number of nitrogens with two attached hydrogens (primary N) is 1. The van der Waals surface area contributed by atoms with Gasteiger partial charge in [-0.15, -0.1) is 0 Å². The van der Waals surface area contributed by atoms with Crippen molar-refractivity contribution < 1.29 is 13.2 Å². The highest BCUT2D eigenvalue weighted by molar-refractivity contribution is 7.07. The Bertz CT molecular complexity index is 229. The molecule has 1 atom stereocenters. The highest BCUT2D eigenvalue weighted by atomic mass is 32.1. The minimum absolute atomic E-state index is 0.553.